The number of thiophene rings is 1. The van der Waals surface area contributed by atoms with Crippen molar-refractivity contribution >= 4 is 44.0 Å². The Morgan fingerprint density at radius 3 is 2.73 bits per heavy atom. The van der Waals surface area contributed by atoms with Gasteiger partial charge in [0.1, 0.15) is 15.8 Å². The number of hydrogen-bond donors (Lipinski definition) is 1. The lowest BCUT2D eigenvalue weighted by Crippen LogP contribution is -2.35. The van der Waals surface area contributed by atoms with Crippen molar-refractivity contribution in [3.8, 4) is 5.88 Å². The average Bonchev–Trinajstić information content (AvgIpc) is 3.24. The van der Waals surface area contributed by atoms with Crippen molar-refractivity contribution in [3.63, 3.8) is 0 Å². The third kappa shape index (κ3) is 3.82. The second-order valence-corrected chi connectivity index (χ2v) is 8.68. The summed E-state index contributed by atoms with van der Waals surface area (Å²) < 4.78 is 11.6. The third-order valence-corrected chi connectivity index (χ3v) is 6.48. The van der Waals surface area contributed by atoms with Gasteiger partial charge in [-0.25, -0.2) is 4.98 Å². The van der Waals surface area contributed by atoms with Gasteiger partial charge in [0.2, 0.25) is 11.8 Å². The van der Waals surface area contributed by atoms with E-state index in [1.165, 1.54) is 24.4 Å². The SMILES string of the molecule is Cc1cc(Nc2nc(OC3CCC(N(C)C)CC3)c3sccc3n2)sn1.[HH]. The summed E-state index contributed by atoms with van der Waals surface area (Å²) in [5, 5.41) is 6.23. The number of ether oxygens (including phenoxy) is 1. The van der Waals surface area contributed by atoms with E-state index in [1.54, 1.807) is 11.3 Å². The minimum Gasteiger partial charge on any atom is -0.473 e. The molecule has 0 atom stereocenters. The fourth-order valence-electron chi connectivity index (χ4n) is 3.34. The van der Waals surface area contributed by atoms with Crippen molar-refractivity contribution in [1.29, 1.82) is 0 Å². The smallest absolute Gasteiger partial charge is 0.236 e. The molecule has 6 nitrogen and oxygen atoms in total. The maximum atomic E-state index is 6.33. The van der Waals surface area contributed by atoms with Crippen LogP contribution in [-0.2, 0) is 0 Å². The van der Waals surface area contributed by atoms with Gasteiger partial charge in [-0.05, 0) is 75.7 Å². The van der Waals surface area contributed by atoms with Crippen molar-refractivity contribution in [3.05, 3.63) is 23.2 Å². The molecule has 0 radical (unpaired) electrons. The fraction of sp³-hybridized carbons (Fsp3) is 0.500. The molecule has 8 heteroatoms. The van der Waals surface area contributed by atoms with Crippen LogP contribution in [0.15, 0.2) is 17.5 Å². The molecule has 1 aliphatic rings. The number of hydrogen-bond acceptors (Lipinski definition) is 8. The van der Waals surface area contributed by atoms with Gasteiger partial charge < -0.3 is 15.0 Å². The zero-order valence-electron chi connectivity index (χ0n) is 15.2. The largest absolute Gasteiger partial charge is 0.473 e. The Balaban J connectivity index is 0.00000210. The predicted molar refractivity (Wildman–Crippen MR) is 110 cm³/mol. The zero-order valence-corrected chi connectivity index (χ0v) is 16.9. The maximum Gasteiger partial charge on any atom is 0.236 e. The first-order valence-corrected chi connectivity index (χ1v) is 10.5. The molecule has 3 aromatic rings. The molecule has 0 spiro atoms. The summed E-state index contributed by atoms with van der Waals surface area (Å²) in [5.41, 5.74) is 1.91. The van der Waals surface area contributed by atoms with Crippen molar-refractivity contribution in [2.24, 2.45) is 0 Å². The lowest BCUT2D eigenvalue weighted by molar-refractivity contribution is 0.109. The third-order valence-electron chi connectivity index (χ3n) is 4.79. The van der Waals surface area contributed by atoms with Gasteiger partial charge in [0.15, 0.2) is 0 Å². The van der Waals surface area contributed by atoms with Crippen molar-refractivity contribution in [2.45, 2.75) is 44.8 Å². The summed E-state index contributed by atoms with van der Waals surface area (Å²) in [4.78, 5) is 11.6. The van der Waals surface area contributed by atoms with Gasteiger partial charge in [-0.15, -0.1) is 11.3 Å². The number of fused-ring (bicyclic) bond motifs is 1. The molecule has 0 aliphatic heterocycles. The predicted octanol–water partition coefficient (Wildman–Crippen LogP) is 4.70. The molecule has 3 aromatic heterocycles. The van der Waals surface area contributed by atoms with Crippen LogP contribution in [-0.4, -0.2) is 45.5 Å². The Labute approximate surface area is 162 Å². The van der Waals surface area contributed by atoms with Gasteiger partial charge in [0.25, 0.3) is 0 Å². The molecule has 0 amide bonds. The summed E-state index contributed by atoms with van der Waals surface area (Å²) in [6, 6.07) is 4.67. The molecule has 4 rings (SSSR count). The fourth-order valence-corrected chi connectivity index (χ4v) is 4.76. The minimum absolute atomic E-state index is 0. The monoisotopic (exact) mass is 391 g/mol. The van der Waals surface area contributed by atoms with Gasteiger partial charge in [0.05, 0.1) is 11.2 Å². The molecule has 0 unspecified atom stereocenters. The van der Waals surface area contributed by atoms with Crippen LogP contribution in [0.4, 0.5) is 10.9 Å². The zero-order chi connectivity index (χ0) is 18.1. The molecule has 0 bridgehead atoms. The van der Waals surface area contributed by atoms with Gasteiger partial charge in [0, 0.05) is 7.47 Å². The number of rotatable bonds is 5. The van der Waals surface area contributed by atoms with E-state index in [9.17, 15) is 0 Å². The van der Waals surface area contributed by atoms with E-state index >= 15 is 0 Å². The molecule has 0 aromatic carbocycles. The highest BCUT2D eigenvalue weighted by atomic mass is 32.1. The number of nitrogens with zero attached hydrogens (tertiary/aromatic N) is 4. The molecule has 3 heterocycles. The van der Waals surface area contributed by atoms with E-state index in [1.807, 2.05) is 24.4 Å². The number of anilines is 2. The second kappa shape index (κ2) is 7.46. The molecule has 140 valence electrons. The van der Waals surface area contributed by atoms with Gasteiger partial charge in [-0.2, -0.15) is 9.36 Å². The van der Waals surface area contributed by atoms with E-state index in [4.69, 9.17) is 4.74 Å². The van der Waals surface area contributed by atoms with E-state index < -0.39 is 0 Å². The average molecular weight is 392 g/mol. The summed E-state index contributed by atoms with van der Waals surface area (Å²) in [6.45, 7) is 1.98. The Bertz CT molecular complexity index is 889. The van der Waals surface area contributed by atoms with Crippen molar-refractivity contribution in [2.75, 3.05) is 19.4 Å². The highest BCUT2D eigenvalue weighted by Gasteiger charge is 2.25. The highest BCUT2D eigenvalue weighted by molar-refractivity contribution is 7.17. The van der Waals surface area contributed by atoms with Crippen LogP contribution in [0.1, 0.15) is 32.8 Å². The van der Waals surface area contributed by atoms with E-state index in [2.05, 4.69) is 38.7 Å². The topological polar surface area (TPSA) is 63.2 Å². The van der Waals surface area contributed by atoms with E-state index in [0.29, 0.717) is 17.9 Å². The highest BCUT2D eigenvalue weighted by Crippen LogP contribution is 2.33. The Kier molecular flexibility index (Phi) is 5.06. The van der Waals surface area contributed by atoms with Gasteiger partial charge in [-0.3, -0.25) is 0 Å². The van der Waals surface area contributed by atoms with E-state index in [-0.39, 0.29) is 7.53 Å². The van der Waals surface area contributed by atoms with Crippen LogP contribution in [0.25, 0.3) is 10.2 Å². The van der Waals surface area contributed by atoms with Gasteiger partial charge in [-0.1, -0.05) is 0 Å². The first-order chi connectivity index (χ1) is 12.6. The minimum atomic E-state index is 0. The number of aromatic nitrogens is 3. The molecule has 26 heavy (non-hydrogen) atoms. The van der Waals surface area contributed by atoms with Crippen LogP contribution < -0.4 is 10.1 Å². The van der Waals surface area contributed by atoms with Crippen LogP contribution in [0, 0.1) is 6.92 Å². The Morgan fingerprint density at radius 1 is 1.23 bits per heavy atom. The molecule has 1 saturated carbocycles. The Morgan fingerprint density at radius 2 is 2.04 bits per heavy atom. The van der Waals surface area contributed by atoms with Crippen LogP contribution in [0.2, 0.25) is 0 Å². The standard InChI is InChI=1S/C18H23N5OS2.H2/c1-11-10-15(26-22-11)20-18-19-14-8-9-25-16(14)17(21-18)24-13-6-4-12(5-7-13)23(2)3;/h8-10,12-13H,4-7H2,1-3H3,(H,19,20,21);1H. The summed E-state index contributed by atoms with van der Waals surface area (Å²) >= 11 is 3.04. The second-order valence-electron chi connectivity index (χ2n) is 6.96. The number of aryl methyl sites for hydroxylation is 1. The molecular formula is C18H25N5OS2. The molecule has 1 fully saturated rings. The lowest BCUT2D eigenvalue weighted by Gasteiger charge is -2.32. The molecule has 1 aliphatic carbocycles. The quantitative estimate of drug-likeness (QED) is 0.680. The maximum absolute atomic E-state index is 6.33. The normalized spacial score (nSPS) is 20.6. The lowest BCUT2D eigenvalue weighted by atomic mass is 9.92. The Hall–Kier alpha value is -1.77. The first kappa shape index (κ1) is 17.6. The van der Waals surface area contributed by atoms with Crippen LogP contribution in [0.3, 0.4) is 0 Å². The molecule has 0 saturated heterocycles. The first-order valence-electron chi connectivity index (χ1n) is 8.87. The van der Waals surface area contributed by atoms with Crippen LogP contribution >= 0.6 is 22.9 Å². The summed E-state index contributed by atoms with van der Waals surface area (Å²) in [6.07, 6.45) is 4.70. The number of nitrogens with one attached hydrogen (secondary N) is 1. The molecular weight excluding hydrogens is 366 g/mol. The van der Waals surface area contributed by atoms with Crippen molar-refractivity contribution < 1.29 is 6.16 Å². The molecule has 1 N–H and O–H groups in total. The van der Waals surface area contributed by atoms with Crippen LogP contribution in [0.5, 0.6) is 5.88 Å². The van der Waals surface area contributed by atoms with Gasteiger partial charge >= 0.3 is 0 Å². The van der Waals surface area contributed by atoms with E-state index in [0.717, 1.165) is 33.8 Å². The van der Waals surface area contributed by atoms with Crippen molar-refractivity contribution in [1.82, 2.24) is 19.2 Å². The summed E-state index contributed by atoms with van der Waals surface area (Å²) in [7, 11) is 4.31. The summed E-state index contributed by atoms with van der Waals surface area (Å²) in [5.74, 6) is 1.26.